The van der Waals surface area contributed by atoms with Gasteiger partial charge in [-0.15, -0.1) is 0 Å². The van der Waals surface area contributed by atoms with E-state index < -0.39 is 6.10 Å². The van der Waals surface area contributed by atoms with E-state index >= 15 is 0 Å². The predicted molar refractivity (Wildman–Crippen MR) is 94.4 cm³/mol. The Hall–Kier alpha value is -0.970. The number of halogens is 2. The van der Waals surface area contributed by atoms with E-state index in [1.54, 1.807) is 25.1 Å². The lowest BCUT2D eigenvalue weighted by atomic mass is 10.0. The van der Waals surface area contributed by atoms with Crippen molar-refractivity contribution in [2.45, 2.75) is 32.8 Å². The molecule has 1 aliphatic rings. The lowest BCUT2D eigenvalue weighted by Crippen LogP contribution is -2.43. The van der Waals surface area contributed by atoms with Gasteiger partial charge in [-0.2, -0.15) is 0 Å². The van der Waals surface area contributed by atoms with Crippen LogP contribution in [0.15, 0.2) is 18.2 Å². The molecule has 2 unspecified atom stereocenters. The molecular formula is C17H24Cl2N2O2. The zero-order chi connectivity index (χ0) is 16.8. The Balaban J connectivity index is 1.75. The summed E-state index contributed by atoms with van der Waals surface area (Å²) < 4.78 is 5.61. The second-order valence-electron chi connectivity index (χ2n) is 6.15. The summed E-state index contributed by atoms with van der Waals surface area (Å²) >= 11 is 12.0. The van der Waals surface area contributed by atoms with E-state index in [9.17, 15) is 4.79 Å². The monoisotopic (exact) mass is 358 g/mol. The van der Waals surface area contributed by atoms with E-state index in [2.05, 4.69) is 17.1 Å². The van der Waals surface area contributed by atoms with Crippen molar-refractivity contribution < 1.29 is 9.53 Å². The number of nitrogens with zero attached hydrogens (tertiary/aromatic N) is 1. The standard InChI is InChI=1S/C17H24Cl2N2O2/c1-12-5-4-9-21(11-12)10-8-20-17(22)13(2)23-15-7-3-6-14(18)16(15)19/h3,6-7,12-13H,4-5,8-11H2,1-2H3,(H,20,22). The molecule has 2 atom stereocenters. The summed E-state index contributed by atoms with van der Waals surface area (Å²) in [5.41, 5.74) is 0. The van der Waals surface area contributed by atoms with Crippen molar-refractivity contribution in [3.63, 3.8) is 0 Å². The molecule has 1 aromatic rings. The highest BCUT2D eigenvalue weighted by atomic mass is 35.5. The van der Waals surface area contributed by atoms with Gasteiger partial charge in [0.2, 0.25) is 0 Å². The van der Waals surface area contributed by atoms with Crippen LogP contribution in [0.1, 0.15) is 26.7 Å². The Morgan fingerprint density at radius 2 is 2.26 bits per heavy atom. The van der Waals surface area contributed by atoms with Gasteiger partial charge in [-0.25, -0.2) is 0 Å². The van der Waals surface area contributed by atoms with E-state index in [0.717, 1.165) is 25.6 Å². The van der Waals surface area contributed by atoms with Crippen molar-refractivity contribution in [2.24, 2.45) is 5.92 Å². The van der Waals surface area contributed by atoms with Crippen molar-refractivity contribution in [3.8, 4) is 5.75 Å². The number of carbonyl (C=O) groups excluding carboxylic acids is 1. The number of amides is 1. The first-order valence-corrected chi connectivity index (χ1v) is 8.83. The van der Waals surface area contributed by atoms with E-state index in [1.807, 2.05) is 0 Å². The summed E-state index contributed by atoms with van der Waals surface area (Å²) in [7, 11) is 0. The maximum absolute atomic E-state index is 12.1. The second kappa shape index (κ2) is 8.76. The zero-order valence-corrected chi connectivity index (χ0v) is 15.2. The van der Waals surface area contributed by atoms with Crippen molar-refractivity contribution in [2.75, 3.05) is 26.2 Å². The number of likely N-dealkylation sites (tertiary alicyclic amines) is 1. The third kappa shape index (κ3) is 5.55. The number of rotatable bonds is 6. The maximum atomic E-state index is 12.1. The van der Waals surface area contributed by atoms with Gasteiger partial charge >= 0.3 is 0 Å². The fourth-order valence-corrected chi connectivity index (χ4v) is 3.13. The Bertz CT molecular complexity index is 539. The Morgan fingerprint density at radius 1 is 1.48 bits per heavy atom. The zero-order valence-electron chi connectivity index (χ0n) is 13.6. The molecular weight excluding hydrogens is 335 g/mol. The molecule has 2 rings (SSSR count). The summed E-state index contributed by atoms with van der Waals surface area (Å²) in [5.74, 6) is 1.02. The topological polar surface area (TPSA) is 41.6 Å². The molecule has 4 nitrogen and oxygen atoms in total. The van der Waals surface area contributed by atoms with Crippen LogP contribution in [0, 0.1) is 5.92 Å². The van der Waals surface area contributed by atoms with Crippen LogP contribution in [0.5, 0.6) is 5.75 Å². The third-order valence-corrected chi connectivity index (χ3v) is 4.86. The van der Waals surface area contributed by atoms with Crippen LogP contribution < -0.4 is 10.1 Å². The van der Waals surface area contributed by atoms with E-state index in [4.69, 9.17) is 27.9 Å². The number of hydrogen-bond donors (Lipinski definition) is 1. The molecule has 23 heavy (non-hydrogen) atoms. The first-order chi connectivity index (χ1) is 11.0. The lowest BCUT2D eigenvalue weighted by Gasteiger charge is -2.30. The Labute approximate surface area is 148 Å². The highest BCUT2D eigenvalue weighted by Crippen LogP contribution is 2.32. The molecule has 128 valence electrons. The molecule has 1 amide bonds. The minimum Gasteiger partial charge on any atom is -0.479 e. The number of hydrogen-bond acceptors (Lipinski definition) is 3. The summed E-state index contributed by atoms with van der Waals surface area (Å²) in [6.07, 6.45) is 1.92. The van der Waals surface area contributed by atoms with Gasteiger partial charge in [0, 0.05) is 19.6 Å². The molecule has 0 aliphatic carbocycles. The van der Waals surface area contributed by atoms with Crippen LogP contribution in [0.3, 0.4) is 0 Å². The van der Waals surface area contributed by atoms with E-state index in [0.29, 0.717) is 22.3 Å². The highest BCUT2D eigenvalue weighted by Gasteiger charge is 2.18. The van der Waals surface area contributed by atoms with Crippen LogP contribution in [0.4, 0.5) is 0 Å². The van der Waals surface area contributed by atoms with Gasteiger partial charge in [-0.3, -0.25) is 4.79 Å². The molecule has 0 spiro atoms. The minimum atomic E-state index is -0.619. The van der Waals surface area contributed by atoms with Gasteiger partial charge in [-0.05, 0) is 44.4 Å². The molecule has 0 aromatic heterocycles. The van der Waals surface area contributed by atoms with Crippen molar-refractivity contribution in [1.82, 2.24) is 10.2 Å². The van der Waals surface area contributed by atoms with Gasteiger partial charge in [-0.1, -0.05) is 36.2 Å². The lowest BCUT2D eigenvalue weighted by molar-refractivity contribution is -0.127. The van der Waals surface area contributed by atoms with Crippen LogP contribution in [0.2, 0.25) is 10.0 Å². The molecule has 0 radical (unpaired) electrons. The molecule has 1 N–H and O–H groups in total. The largest absolute Gasteiger partial charge is 0.479 e. The molecule has 1 saturated heterocycles. The molecule has 1 heterocycles. The minimum absolute atomic E-state index is 0.147. The number of piperidine rings is 1. The first kappa shape index (κ1) is 18.4. The number of nitrogens with one attached hydrogen (secondary N) is 1. The summed E-state index contributed by atoms with van der Waals surface area (Å²) in [5, 5.41) is 3.66. The highest BCUT2D eigenvalue weighted by molar-refractivity contribution is 6.42. The molecule has 1 fully saturated rings. The van der Waals surface area contributed by atoms with Gasteiger partial charge in [0.25, 0.3) is 5.91 Å². The normalized spacial score (nSPS) is 20.1. The SMILES string of the molecule is CC1CCCN(CCNC(=O)C(C)Oc2cccc(Cl)c2Cl)C1. The van der Waals surface area contributed by atoms with Gasteiger partial charge in [0.05, 0.1) is 5.02 Å². The average Bonchev–Trinajstić information content (AvgIpc) is 2.51. The Kier molecular flexibility index (Phi) is 7.00. The fourth-order valence-electron chi connectivity index (χ4n) is 2.79. The van der Waals surface area contributed by atoms with Crippen molar-refractivity contribution in [1.29, 1.82) is 0 Å². The molecule has 1 aromatic carbocycles. The van der Waals surface area contributed by atoms with Crippen molar-refractivity contribution in [3.05, 3.63) is 28.2 Å². The van der Waals surface area contributed by atoms with Crippen LogP contribution in [-0.2, 0) is 4.79 Å². The van der Waals surface area contributed by atoms with E-state index in [-0.39, 0.29) is 5.91 Å². The second-order valence-corrected chi connectivity index (χ2v) is 6.94. The fraction of sp³-hybridized carbons (Fsp3) is 0.588. The van der Waals surface area contributed by atoms with Gasteiger partial charge in [0.1, 0.15) is 10.8 Å². The smallest absolute Gasteiger partial charge is 0.260 e. The van der Waals surface area contributed by atoms with Gasteiger partial charge < -0.3 is 15.0 Å². The average molecular weight is 359 g/mol. The van der Waals surface area contributed by atoms with Crippen molar-refractivity contribution >= 4 is 29.1 Å². The van der Waals surface area contributed by atoms with Crippen LogP contribution in [-0.4, -0.2) is 43.1 Å². The van der Waals surface area contributed by atoms with Crippen LogP contribution >= 0.6 is 23.2 Å². The molecule has 0 bridgehead atoms. The summed E-state index contributed by atoms with van der Waals surface area (Å²) in [6.45, 7) is 7.71. The molecule has 1 aliphatic heterocycles. The molecule has 0 saturated carbocycles. The first-order valence-electron chi connectivity index (χ1n) is 8.08. The predicted octanol–water partition coefficient (Wildman–Crippen LogP) is 3.61. The quantitative estimate of drug-likeness (QED) is 0.844. The summed E-state index contributed by atoms with van der Waals surface area (Å²) in [6, 6.07) is 5.12. The number of ether oxygens (including phenoxy) is 1. The van der Waals surface area contributed by atoms with Gasteiger partial charge in [0.15, 0.2) is 6.10 Å². The Morgan fingerprint density at radius 3 is 3.00 bits per heavy atom. The third-order valence-electron chi connectivity index (χ3n) is 4.06. The summed E-state index contributed by atoms with van der Waals surface area (Å²) in [4.78, 5) is 14.5. The van der Waals surface area contributed by atoms with Crippen LogP contribution in [0.25, 0.3) is 0 Å². The maximum Gasteiger partial charge on any atom is 0.260 e. The molecule has 6 heteroatoms. The van der Waals surface area contributed by atoms with E-state index in [1.165, 1.54) is 12.8 Å². The number of carbonyl (C=O) groups is 1. The number of benzene rings is 1.